The Balaban J connectivity index is 0.000000424. The molecule has 2 atom stereocenters. The molecule has 0 radical (unpaired) electrons. The molecule has 2 unspecified atom stereocenters. The van der Waals surface area contributed by atoms with Crippen molar-refractivity contribution < 1.29 is 0 Å². The quantitative estimate of drug-likeness (QED) is 0.551. The van der Waals surface area contributed by atoms with Gasteiger partial charge >= 0.3 is 0 Å². The first kappa shape index (κ1) is 12.2. The van der Waals surface area contributed by atoms with E-state index in [1.807, 2.05) is 6.92 Å². The highest BCUT2D eigenvalue weighted by molar-refractivity contribution is 4.90. The van der Waals surface area contributed by atoms with Crippen molar-refractivity contribution in [1.29, 1.82) is 0 Å². The van der Waals surface area contributed by atoms with Gasteiger partial charge in [-0.1, -0.05) is 24.6 Å². The standard InChI is InChI=1S/C10H16.C3H6/c1-3-9-6-5-7-10(4-2)8-9;1-3-2/h3-4,9-10H,1-2,5-8H2;3H,1H2,2H3. The van der Waals surface area contributed by atoms with Crippen LogP contribution in [-0.2, 0) is 0 Å². The third-order valence-electron chi connectivity index (χ3n) is 2.42. The summed E-state index contributed by atoms with van der Waals surface area (Å²) in [6, 6.07) is 0. The molecule has 0 aromatic heterocycles. The van der Waals surface area contributed by atoms with E-state index >= 15 is 0 Å². The minimum atomic E-state index is 0.761. The Labute approximate surface area is 83.0 Å². The lowest BCUT2D eigenvalue weighted by atomic mass is 9.82. The second kappa shape index (κ2) is 7.85. The first-order valence-corrected chi connectivity index (χ1v) is 5.10. The molecule has 0 aliphatic heterocycles. The van der Waals surface area contributed by atoms with E-state index in [2.05, 4.69) is 31.9 Å². The highest BCUT2D eigenvalue weighted by Gasteiger charge is 2.16. The Morgan fingerprint density at radius 2 is 1.38 bits per heavy atom. The summed E-state index contributed by atoms with van der Waals surface area (Å²) >= 11 is 0. The van der Waals surface area contributed by atoms with Gasteiger partial charge in [-0.05, 0) is 38.0 Å². The first-order chi connectivity index (χ1) is 6.28. The molecule has 0 saturated heterocycles. The lowest BCUT2D eigenvalue weighted by Crippen LogP contribution is -2.11. The highest BCUT2D eigenvalue weighted by Crippen LogP contribution is 2.29. The molecule has 1 aliphatic carbocycles. The van der Waals surface area contributed by atoms with E-state index in [1.54, 1.807) is 6.08 Å². The maximum atomic E-state index is 3.82. The predicted molar refractivity (Wildman–Crippen MR) is 61.7 cm³/mol. The Morgan fingerprint density at radius 3 is 1.69 bits per heavy atom. The summed E-state index contributed by atoms with van der Waals surface area (Å²) in [6.07, 6.45) is 11.3. The van der Waals surface area contributed by atoms with Crippen molar-refractivity contribution in [3.63, 3.8) is 0 Å². The van der Waals surface area contributed by atoms with Crippen molar-refractivity contribution in [3.8, 4) is 0 Å². The van der Waals surface area contributed by atoms with Crippen LogP contribution >= 0.6 is 0 Å². The van der Waals surface area contributed by atoms with Gasteiger partial charge in [-0.3, -0.25) is 0 Å². The molecule has 0 N–H and O–H groups in total. The van der Waals surface area contributed by atoms with Crippen LogP contribution in [0.3, 0.4) is 0 Å². The summed E-state index contributed by atoms with van der Waals surface area (Å²) in [5, 5.41) is 0. The van der Waals surface area contributed by atoms with E-state index in [0.717, 1.165) is 11.8 Å². The molecule has 0 heteroatoms. The lowest BCUT2D eigenvalue weighted by Gasteiger charge is -2.24. The van der Waals surface area contributed by atoms with Crippen LogP contribution in [0.2, 0.25) is 0 Å². The fraction of sp³-hybridized carbons (Fsp3) is 0.538. The third-order valence-corrected chi connectivity index (χ3v) is 2.42. The van der Waals surface area contributed by atoms with Crippen LogP contribution in [0, 0.1) is 11.8 Å². The van der Waals surface area contributed by atoms with Crippen molar-refractivity contribution in [2.45, 2.75) is 32.6 Å². The van der Waals surface area contributed by atoms with Crippen molar-refractivity contribution in [1.82, 2.24) is 0 Å². The van der Waals surface area contributed by atoms with Crippen molar-refractivity contribution in [2.24, 2.45) is 11.8 Å². The second-order valence-corrected chi connectivity index (χ2v) is 3.57. The van der Waals surface area contributed by atoms with Crippen LogP contribution in [0.5, 0.6) is 0 Å². The molecule has 74 valence electrons. The van der Waals surface area contributed by atoms with Gasteiger partial charge in [0.25, 0.3) is 0 Å². The fourth-order valence-electron chi connectivity index (χ4n) is 1.69. The zero-order valence-corrected chi connectivity index (χ0v) is 8.84. The minimum absolute atomic E-state index is 0.761. The summed E-state index contributed by atoms with van der Waals surface area (Å²) in [6.45, 7) is 12.9. The Kier molecular flexibility index (Phi) is 7.38. The van der Waals surface area contributed by atoms with Crippen molar-refractivity contribution >= 4 is 0 Å². The van der Waals surface area contributed by atoms with Gasteiger partial charge in [0, 0.05) is 0 Å². The van der Waals surface area contributed by atoms with Crippen LogP contribution in [0.4, 0.5) is 0 Å². The SMILES string of the molecule is C=CC.C=CC1CCCC(C=C)C1. The molecular formula is C13H22. The van der Waals surface area contributed by atoms with Gasteiger partial charge in [0.15, 0.2) is 0 Å². The van der Waals surface area contributed by atoms with Gasteiger partial charge in [-0.15, -0.1) is 19.7 Å². The summed E-state index contributed by atoms with van der Waals surface area (Å²) in [4.78, 5) is 0. The van der Waals surface area contributed by atoms with Crippen LogP contribution in [0.1, 0.15) is 32.6 Å². The fourth-order valence-corrected chi connectivity index (χ4v) is 1.69. The van der Waals surface area contributed by atoms with Gasteiger partial charge in [0.05, 0.1) is 0 Å². The zero-order valence-electron chi connectivity index (χ0n) is 8.84. The van der Waals surface area contributed by atoms with Gasteiger partial charge < -0.3 is 0 Å². The summed E-state index contributed by atoms with van der Waals surface area (Å²) in [7, 11) is 0. The van der Waals surface area contributed by atoms with Crippen molar-refractivity contribution in [2.75, 3.05) is 0 Å². The van der Waals surface area contributed by atoms with E-state index in [-0.39, 0.29) is 0 Å². The van der Waals surface area contributed by atoms with E-state index < -0.39 is 0 Å². The molecule has 0 aromatic carbocycles. The molecule has 1 saturated carbocycles. The smallest absolute Gasteiger partial charge is 0.0231 e. The number of hydrogen-bond acceptors (Lipinski definition) is 0. The third kappa shape index (κ3) is 5.46. The average molecular weight is 178 g/mol. The molecule has 13 heavy (non-hydrogen) atoms. The number of rotatable bonds is 2. The molecule has 0 nitrogen and oxygen atoms in total. The summed E-state index contributed by atoms with van der Waals surface area (Å²) in [5.74, 6) is 1.52. The number of hydrogen-bond donors (Lipinski definition) is 0. The van der Waals surface area contributed by atoms with Crippen molar-refractivity contribution in [3.05, 3.63) is 38.0 Å². The van der Waals surface area contributed by atoms with Crippen LogP contribution < -0.4 is 0 Å². The van der Waals surface area contributed by atoms with E-state index in [1.165, 1.54) is 25.7 Å². The highest BCUT2D eigenvalue weighted by atomic mass is 14.2. The average Bonchev–Trinajstić information content (AvgIpc) is 2.19. The van der Waals surface area contributed by atoms with Gasteiger partial charge in [-0.25, -0.2) is 0 Å². The maximum Gasteiger partial charge on any atom is -0.0231 e. The molecule has 0 bridgehead atoms. The molecule has 1 rings (SSSR count). The lowest BCUT2D eigenvalue weighted by molar-refractivity contribution is 0.353. The Hall–Kier alpha value is -0.780. The number of allylic oxidation sites excluding steroid dienone is 3. The van der Waals surface area contributed by atoms with E-state index in [0.29, 0.717) is 0 Å². The minimum Gasteiger partial charge on any atom is -0.103 e. The summed E-state index contributed by atoms with van der Waals surface area (Å²) < 4.78 is 0. The molecule has 1 aliphatic rings. The topological polar surface area (TPSA) is 0 Å². The van der Waals surface area contributed by atoms with Crippen LogP contribution in [-0.4, -0.2) is 0 Å². The van der Waals surface area contributed by atoms with Gasteiger partial charge in [-0.2, -0.15) is 0 Å². The monoisotopic (exact) mass is 178 g/mol. The molecule has 0 amide bonds. The van der Waals surface area contributed by atoms with Crippen LogP contribution in [0.25, 0.3) is 0 Å². The normalized spacial score (nSPS) is 26.5. The second-order valence-electron chi connectivity index (χ2n) is 3.57. The Bertz CT molecular complexity index is 141. The molecule has 0 aromatic rings. The van der Waals surface area contributed by atoms with Crippen LogP contribution in [0.15, 0.2) is 38.0 Å². The maximum absolute atomic E-state index is 3.82. The van der Waals surface area contributed by atoms with E-state index in [9.17, 15) is 0 Å². The van der Waals surface area contributed by atoms with E-state index in [4.69, 9.17) is 0 Å². The van der Waals surface area contributed by atoms with Gasteiger partial charge in [0.1, 0.15) is 0 Å². The summed E-state index contributed by atoms with van der Waals surface area (Å²) in [5.41, 5.74) is 0. The largest absolute Gasteiger partial charge is 0.103 e. The molecule has 0 spiro atoms. The molecule has 0 heterocycles. The Morgan fingerprint density at radius 1 is 1.00 bits per heavy atom. The van der Waals surface area contributed by atoms with Gasteiger partial charge in [0.2, 0.25) is 0 Å². The zero-order chi connectivity index (χ0) is 10.1. The first-order valence-electron chi connectivity index (χ1n) is 5.10. The molecule has 1 fully saturated rings. The predicted octanol–water partition coefficient (Wildman–Crippen LogP) is 4.36. The molecular weight excluding hydrogens is 156 g/mol.